The molecule has 0 saturated carbocycles. The molecule has 5 nitrogen and oxygen atoms in total. The van der Waals surface area contributed by atoms with Crippen molar-refractivity contribution in [1.29, 1.82) is 0 Å². The number of nitrogens with one attached hydrogen (secondary N) is 1. The Hall–Kier alpha value is -4.17. The third kappa shape index (κ3) is 4.13. The Balaban J connectivity index is 1.57. The van der Waals surface area contributed by atoms with Crippen molar-refractivity contribution in [3.8, 4) is 17.6 Å². The van der Waals surface area contributed by atoms with Crippen LogP contribution in [0.1, 0.15) is 27.0 Å². The summed E-state index contributed by atoms with van der Waals surface area (Å²) in [6.45, 7) is 0. The van der Waals surface area contributed by atoms with Crippen molar-refractivity contribution in [2.75, 3.05) is 12.4 Å². The molecule has 1 amide bonds. The zero-order valence-electron chi connectivity index (χ0n) is 16.3. The highest BCUT2D eigenvalue weighted by Crippen LogP contribution is 2.27. The molecule has 4 rings (SSSR count). The van der Waals surface area contributed by atoms with E-state index in [-0.39, 0.29) is 11.4 Å². The number of methoxy groups -OCH3 is 1. The number of nitrogens with zero attached hydrogens (tertiary/aromatic N) is 1. The lowest BCUT2D eigenvalue weighted by Gasteiger charge is -2.18. The van der Waals surface area contributed by atoms with Gasteiger partial charge in [-0.2, -0.15) is 0 Å². The van der Waals surface area contributed by atoms with Crippen molar-refractivity contribution in [3.63, 3.8) is 0 Å². The number of aromatic nitrogens is 1. The number of anilines is 1. The van der Waals surface area contributed by atoms with E-state index < -0.39 is 5.91 Å². The Labute approximate surface area is 174 Å². The Bertz CT molecular complexity index is 1200. The van der Waals surface area contributed by atoms with Crippen LogP contribution in [0.15, 0.2) is 72.6 Å². The van der Waals surface area contributed by atoms with Crippen LogP contribution in [0.2, 0.25) is 0 Å². The molecule has 0 radical (unpaired) electrons. The van der Waals surface area contributed by atoms with E-state index in [9.17, 15) is 9.59 Å². The first-order chi connectivity index (χ1) is 14.6. The lowest BCUT2D eigenvalue weighted by atomic mass is 9.94. The number of rotatable bonds is 3. The molecule has 0 spiro atoms. The van der Waals surface area contributed by atoms with Crippen LogP contribution < -0.4 is 10.1 Å². The van der Waals surface area contributed by atoms with Gasteiger partial charge in [0.15, 0.2) is 0 Å². The normalized spacial score (nSPS) is 13.8. The topological polar surface area (TPSA) is 68.3 Å². The summed E-state index contributed by atoms with van der Waals surface area (Å²) in [6.07, 6.45) is 5.38. The molecule has 1 aliphatic heterocycles. The van der Waals surface area contributed by atoms with Crippen LogP contribution in [0, 0.1) is 11.8 Å². The molecule has 5 heteroatoms. The molecule has 0 atom stereocenters. The summed E-state index contributed by atoms with van der Waals surface area (Å²) in [7, 11) is 1.63. The van der Waals surface area contributed by atoms with Crippen LogP contribution in [-0.2, 0) is 11.2 Å². The molecule has 2 heterocycles. The van der Waals surface area contributed by atoms with Crippen LogP contribution >= 0.6 is 0 Å². The summed E-state index contributed by atoms with van der Waals surface area (Å²) >= 11 is 0. The quantitative estimate of drug-likeness (QED) is 0.416. The number of benzene rings is 2. The maximum absolute atomic E-state index is 12.9. The number of Topliss-reactive ketones (excluding diaryl/α,β-unsaturated/α-hetero) is 1. The number of carbonyl (C=O) groups excluding carboxylic acids is 2. The number of pyridine rings is 1. The van der Waals surface area contributed by atoms with E-state index in [0.29, 0.717) is 17.7 Å². The molecule has 146 valence electrons. The zero-order chi connectivity index (χ0) is 20.9. The number of fused-ring (bicyclic) bond motifs is 1. The van der Waals surface area contributed by atoms with Crippen LogP contribution in [0.25, 0.3) is 6.08 Å². The predicted molar refractivity (Wildman–Crippen MR) is 115 cm³/mol. The SMILES string of the molecule is COc1ccc(CC#Cc2ccc3c(c2)C(=O)/C(=C/c2ccncc2)C(=O)N3)cc1. The van der Waals surface area contributed by atoms with Gasteiger partial charge in [0.2, 0.25) is 5.78 Å². The fourth-order valence-corrected chi connectivity index (χ4v) is 3.11. The van der Waals surface area contributed by atoms with E-state index in [0.717, 1.165) is 22.4 Å². The largest absolute Gasteiger partial charge is 0.497 e. The van der Waals surface area contributed by atoms with Gasteiger partial charge in [-0.05, 0) is 59.7 Å². The zero-order valence-corrected chi connectivity index (χ0v) is 16.3. The highest BCUT2D eigenvalue weighted by atomic mass is 16.5. The van der Waals surface area contributed by atoms with Crippen molar-refractivity contribution in [2.45, 2.75) is 6.42 Å². The molecule has 30 heavy (non-hydrogen) atoms. The summed E-state index contributed by atoms with van der Waals surface area (Å²) in [5.41, 5.74) is 3.56. The molecule has 0 unspecified atom stereocenters. The average Bonchev–Trinajstić information content (AvgIpc) is 2.78. The first kappa shape index (κ1) is 19.2. The van der Waals surface area contributed by atoms with E-state index in [4.69, 9.17) is 4.74 Å². The van der Waals surface area contributed by atoms with Crippen molar-refractivity contribution in [2.24, 2.45) is 0 Å². The number of amides is 1. The lowest BCUT2D eigenvalue weighted by molar-refractivity contribution is -0.112. The molecule has 1 aromatic heterocycles. The summed E-state index contributed by atoms with van der Waals surface area (Å²) in [6, 6.07) is 16.4. The summed E-state index contributed by atoms with van der Waals surface area (Å²) in [4.78, 5) is 29.3. The van der Waals surface area contributed by atoms with Crippen LogP contribution in [0.5, 0.6) is 5.75 Å². The van der Waals surface area contributed by atoms with E-state index >= 15 is 0 Å². The van der Waals surface area contributed by atoms with Crippen molar-refractivity contribution < 1.29 is 14.3 Å². The van der Waals surface area contributed by atoms with Crippen molar-refractivity contribution in [3.05, 3.63) is 94.8 Å². The van der Waals surface area contributed by atoms with Gasteiger partial charge in [-0.25, -0.2) is 0 Å². The van der Waals surface area contributed by atoms with Gasteiger partial charge in [-0.15, -0.1) is 0 Å². The van der Waals surface area contributed by atoms with Crippen LogP contribution in [0.3, 0.4) is 0 Å². The van der Waals surface area contributed by atoms with Gasteiger partial charge in [0.05, 0.1) is 18.4 Å². The third-order valence-corrected chi connectivity index (χ3v) is 4.70. The molecule has 2 aromatic carbocycles. The molecule has 0 fully saturated rings. The number of ketones is 1. The molecule has 0 aliphatic carbocycles. The fourth-order valence-electron chi connectivity index (χ4n) is 3.11. The van der Waals surface area contributed by atoms with E-state index in [2.05, 4.69) is 22.1 Å². The van der Waals surface area contributed by atoms with Gasteiger partial charge in [0, 0.05) is 29.9 Å². The summed E-state index contributed by atoms with van der Waals surface area (Å²) < 4.78 is 5.15. The maximum Gasteiger partial charge on any atom is 0.259 e. The third-order valence-electron chi connectivity index (χ3n) is 4.70. The molecular formula is C25H18N2O3. The van der Waals surface area contributed by atoms with Crippen LogP contribution in [-0.4, -0.2) is 23.8 Å². The Morgan fingerprint density at radius 1 is 1.03 bits per heavy atom. The van der Waals surface area contributed by atoms with Gasteiger partial charge < -0.3 is 10.1 Å². The van der Waals surface area contributed by atoms with E-state index in [1.54, 1.807) is 55.9 Å². The minimum atomic E-state index is -0.414. The fraction of sp³-hybridized carbons (Fsp3) is 0.0800. The molecule has 1 N–H and O–H groups in total. The summed E-state index contributed by atoms with van der Waals surface area (Å²) in [5.74, 6) is 6.29. The second-order valence-corrected chi connectivity index (χ2v) is 6.71. The van der Waals surface area contributed by atoms with Crippen molar-refractivity contribution >= 4 is 23.5 Å². The lowest BCUT2D eigenvalue weighted by Crippen LogP contribution is -2.27. The summed E-state index contributed by atoms with van der Waals surface area (Å²) in [5, 5.41) is 2.78. The highest BCUT2D eigenvalue weighted by Gasteiger charge is 2.28. The smallest absolute Gasteiger partial charge is 0.259 e. The van der Waals surface area contributed by atoms with Gasteiger partial charge in [-0.3, -0.25) is 14.6 Å². The number of hydrogen-bond donors (Lipinski definition) is 1. The molecular weight excluding hydrogens is 376 g/mol. The van der Waals surface area contributed by atoms with E-state index in [1.807, 2.05) is 24.3 Å². The van der Waals surface area contributed by atoms with Crippen molar-refractivity contribution in [1.82, 2.24) is 4.98 Å². The highest BCUT2D eigenvalue weighted by molar-refractivity contribution is 6.36. The second-order valence-electron chi connectivity index (χ2n) is 6.71. The predicted octanol–water partition coefficient (Wildman–Crippen LogP) is 3.90. The van der Waals surface area contributed by atoms with Crippen LogP contribution in [0.4, 0.5) is 5.69 Å². The monoisotopic (exact) mass is 394 g/mol. The molecule has 3 aromatic rings. The Kier molecular flexibility index (Phi) is 5.40. The van der Waals surface area contributed by atoms with E-state index in [1.165, 1.54) is 0 Å². The molecule has 0 saturated heterocycles. The number of carbonyl (C=O) groups is 2. The molecule has 1 aliphatic rings. The number of hydrogen-bond acceptors (Lipinski definition) is 4. The Morgan fingerprint density at radius 3 is 2.53 bits per heavy atom. The molecule has 0 bridgehead atoms. The van der Waals surface area contributed by atoms with Gasteiger partial charge in [0.25, 0.3) is 5.91 Å². The van der Waals surface area contributed by atoms with Gasteiger partial charge in [0.1, 0.15) is 5.75 Å². The number of ether oxygens (including phenoxy) is 1. The maximum atomic E-state index is 12.9. The Morgan fingerprint density at radius 2 is 1.80 bits per heavy atom. The standard InChI is InChI=1S/C25H18N2O3/c1-30-20-8-5-17(6-9-20)3-2-4-18-7-10-23-21(15-18)24(28)22(25(29)27-23)16-19-11-13-26-14-12-19/h5-16H,3H2,1H3,(H,27,29)/b22-16-. The minimum Gasteiger partial charge on any atom is -0.497 e. The minimum absolute atomic E-state index is 0.0945. The first-order valence-corrected chi connectivity index (χ1v) is 9.37. The first-order valence-electron chi connectivity index (χ1n) is 9.37. The van der Waals surface area contributed by atoms with Gasteiger partial charge in [-0.1, -0.05) is 24.0 Å². The average molecular weight is 394 g/mol. The second kappa shape index (κ2) is 8.46. The van der Waals surface area contributed by atoms with Gasteiger partial charge >= 0.3 is 0 Å².